The first-order chi connectivity index (χ1) is 9.41. The summed E-state index contributed by atoms with van der Waals surface area (Å²) < 4.78 is 0. The molecule has 1 heterocycles. The lowest BCUT2D eigenvalue weighted by molar-refractivity contribution is 0.0702. The molecule has 0 bridgehead atoms. The third kappa shape index (κ3) is 5.61. The average molecular weight is 298 g/mol. The van der Waals surface area contributed by atoms with Gasteiger partial charge in [0.2, 0.25) is 0 Å². The molecule has 20 heavy (non-hydrogen) atoms. The van der Waals surface area contributed by atoms with Crippen LogP contribution in [-0.2, 0) is 6.54 Å². The number of carboxylic acids is 1. The highest BCUT2D eigenvalue weighted by atomic mass is 32.1. The fourth-order valence-electron chi connectivity index (χ4n) is 1.89. The minimum Gasteiger partial charge on any atom is -0.477 e. The Morgan fingerprint density at radius 2 is 2.15 bits per heavy atom. The molecule has 5 heteroatoms. The number of hydrogen-bond donors (Lipinski definition) is 2. The minimum absolute atomic E-state index is 0.429. The van der Waals surface area contributed by atoms with E-state index in [0.29, 0.717) is 10.9 Å². The van der Waals surface area contributed by atoms with Crippen LogP contribution in [0.15, 0.2) is 6.07 Å². The maximum absolute atomic E-state index is 10.9. The number of carboxylic acid groups (broad SMARTS) is 1. The van der Waals surface area contributed by atoms with Gasteiger partial charge >= 0.3 is 5.97 Å². The van der Waals surface area contributed by atoms with Crippen LogP contribution in [-0.4, -0.2) is 42.2 Å². The van der Waals surface area contributed by atoms with Crippen molar-refractivity contribution in [3.63, 3.8) is 0 Å². The van der Waals surface area contributed by atoms with Crippen molar-refractivity contribution in [1.82, 2.24) is 10.2 Å². The Kier molecular flexibility index (Phi) is 7.19. The zero-order valence-electron chi connectivity index (χ0n) is 12.9. The SMILES string of the molecule is Cc1sc(C(=O)O)cc1CNCCCCN(C)C(C)C. The second kappa shape index (κ2) is 8.39. The summed E-state index contributed by atoms with van der Waals surface area (Å²) in [5.74, 6) is -0.832. The number of aromatic carboxylic acids is 1. The summed E-state index contributed by atoms with van der Waals surface area (Å²) in [6.07, 6.45) is 2.33. The van der Waals surface area contributed by atoms with E-state index < -0.39 is 5.97 Å². The van der Waals surface area contributed by atoms with Crippen LogP contribution in [0, 0.1) is 6.92 Å². The number of hydrogen-bond acceptors (Lipinski definition) is 4. The van der Waals surface area contributed by atoms with E-state index >= 15 is 0 Å². The molecule has 1 aromatic heterocycles. The number of unbranched alkanes of at least 4 members (excludes halogenated alkanes) is 1. The van der Waals surface area contributed by atoms with Crippen molar-refractivity contribution in [1.29, 1.82) is 0 Å². The fourth-order valence-corrected chi connectivity index (χ4v) is 2.77. The van der Waals surface area contributed by atoms with Gasteiger partial charge in [-0.05, 0) is 65.4 Å². The third-order valence-electron chi connectivity index (χ3n) is 3.54. The maximum atomic E-state index is 10.9. The molecule has 1 rings (SSSR count). The van der Waals surface area contributed by atoms with Gasteiger partial charge in [0.1, 0.15) is 4.88 Å². The molecular formula is C15H26N2O2S. The van der Waals surface area contributed by atoms with E-state index in [-0.39, 0.29) is 0 Å². The third-order valence-corrected chi connectivity index (χ3v) is 4.62. The number of aryl methyl sites for hydroxylation is 1. The highest BCUT2D eigenvalue weighted by Gasteiger charge is 2.10. The summed E-state index contributed by atoms with van der Waals surface area (Å²) in [5.41, 5.74) is 1.10. The Morgan fingerprint density at radius 1 is 1.45 bits per heavy atom. The van der Waals surface area contributed by atoms with E-state index in [0.717, 1.165) is 36.5 Å². The Bertz CT molecular complexity index is 430. The predicted molar refractivity (Wildman–Crippen MR) is 84.7 cm³/mol. The topological polar surface area (TPSA) is 52.6 Å². The van der Waals surface area contributed by atoms with Gasteiger partial charge in [-0.1, -0.05) is 0 Å². The fraction of sp³-hybridized carbons (Fsp3) is 0.667. The van der Waals surface area contributed by atoms with E-state index in [4.69, 9.17) is 5.11 Å². The van der Waals surface area contributed by atoms with Crippen LogP contribution in [0.2, 0.25) is 0 Å². The van der Waals surface area contributed by atoms with Gasteiger partial charge < -0.3 is 15.3 Å². The van der Waals surface area contributed by atoms with Crippen LogP contribution >= 0.6 is 11.3 Å². The number of nitrogens with one attached hydrogen (secondary N) is 1. The second-order valence-corrected chi connectivity index (χ2v) is 6.71. The van der Waals surface area contributed by atoms with Crippen LogP contribution < -0.4 is 5.32 Å². The summed E-state index contributed by atoms with van der Waals surface area (Å²) in [5, 5.41) is 12.3. The van der Waals surface area contributed by atoms with E-state index in [2.05, 4.69) is 31.1 Å². The monoisotopic (exact) mass is 298 g/mol. The van der Waals surface area contributed by atoms with Gasteiger partial charge in [0.05, 0.1) is 0 Å². The first kappa shape index (κ1) is 17.1. The van der Waals surface area contributed by atoms with Gasteiger partial charge in [-0.15, -0.1) is 11.3 Å². The highest BCUT2D eigenvalue weighted by molar-refractivity contribution is 7.14. The molecular weight excluding hydrogens is 272 g/mol. The van der Waals surface area contributed by atoms with Crippen molar-refractivity contribution in [2.45, 2.75) is 46.2 Å². The maximum Gasteiger partial charge on any atom is 0.345 e. The van der Waals surface area contributed by atoms with Crippen molar-refractivity contribution >= 4 is 17.3 Å². The zero-order valence-corrected chi connectivity index (χ0v) is 13.7. The Balaban J connectivity index is 2.20. The average Bonchev–Trinajstić information content (AvgIpc) is 2.75. The molecule has 2 N–H and O–H groups in total. The van der Waals surface area contributed by atoms with Crippen LogP contribution in [0.4, 0.5) is 0 Å². The molecule has 4 nitrogen and oxygen atoms in total. The number of thiophene rings is 1. The molecule has 0 spiro atoms. The first-order valence-electron chi connectivity index (χ1n) is 7.15. The quantitative estimate of drug-likeness (QED) is 0.688. The van der Waals surface area contributed by atoms with Crippen molar-refractivity contribution in [3.8, 4) is 0 Å². The van der Waals surface area contributed by atoms with Crippen LogP contribution in [0.3, 0.4) is 0 Å². The van der Waals surface area contributed by atoms with Gasteiger partial charge in [-0.3, -0.25) is 0 Å². The summed E-state index contributed by atoms with van der Waals surface area (Å²) >= 11 is 1.35. The Hall–Kier alpha value is -0.910. The lowest BCUT2D eigenvalue weighted by Gasteiger charge is -2.20. The van der Waals surface area contributed by atoms with Gasteiger partial charge in [-0.2, -0.15) is 0 Å². The molecule has 0 unspecified atom stereocenters. The van der Waals surface area contributed by atoms with E-state index in [1.54, 1.807) is 6.07 Å². The van der Waals surface area contributed by atoms with Crippen LogP contribution in [0.5, 0.6) is 0 Å². The molecule has 0 fully saturated rings. The largest absolute Gasteiger partial charge is 0.477 e. The molecule has 0 amide bonds. The first-order valence-corrected chi connectivity index (χ1v) is 7.97. The lowest BCUT2D eigenvalue weighted by atomic mass is 10.2. The molecule has 0 saturated carbocycles. The smallest absolute Gasteiger partial charge is 0.345 e. The number of rotatable bonds is 9. The van der Waals surface area contributed by atoms with Gasteiger partial charge in [0.25, 0.3) is 0 Å². The Morgan fingerprint density at radius 3 is 2.70 bits per heavy atom. The van der Waals surface area contributed by atoms with Crippen molar-refractivity contribution in [2.24, 2.45) is 0 Å². The molecule has 0 aliphatic rings. The standard InChI is InChI=1S/C15H26N2O2S/c1-11(2)17(4)8-6-5-7-16-10-13-9-14(15(18)19)20-12(13)3/h9,11,16H,5-8,10H2,1-4H3,(H,18,19). The summed E-state index contributed by atoms with van der Waals surface area (Å²) in [6, 6.07) is 2.38. The molecule has 0 aliphatic heterocycles. The number of carbonyl (C=O) groups is 1. The summed E-state index contributed by atoms with van der Waals surface area (Å²) in [7, 11) is 2.15. The molecule has 0 aliphatic carbocycles. The summed E-state index contributed by atoms with van der Waals surface area (Å²) in [4.78, 5) is 14.8. The second-order valence-electron chi connectivity index (χ2n) is 5.46. The minimum atomic E-state index is -0.832. The van der Waals surface area contributed by atoms with Gasteiger partial charge in [0, 0.05) is 17.5 Å². The number of nitrogens with zero attached hydrogens (tertiary/aromatic N) is 1. The van der Waals surface area contributed by atoms with Gasteiger partial charge in [0.15, 0.2) is 0 Å². The van der Waals surface area contributed by atoms with E-state index in [1.807, 2.05) is 6.92 Å². The van der Waals surface area contributed by atoms with Crippen molar-refractivity contribution in [2.75, 3.05) is 20.1 Å². The molecule has 0 atom stereocenters. The lowest BCUT2D eigenvalue weighted by Crippen LogP contribution is -2.27. The van der Waals surface area contributed by atoms with Gasteiger partial charge in [-0.25, -0.2) is 4.79 Å². The molecule has 0 aromatic carbocycles. The van der Waals surface area contributed by atoms with Crippen molar-refractivity contribution in [3.05, 3.63) is 21.4 Å². The predicted octanol–water partition coefficient (Wildman–Crippen LogP) is 2.96. The normalized spacial score (nSPS) is 11.5. The molecule has 0 radical (unpaired) electrons. The van der Waals surface area contributed by atoms with Crippen molar-refractivity contribution < 1.29 is 9.90 Å². The van der Waals surface area contributed by atoms with E-state index in [9.17, 15) is 4.79 Å². The Labute approximate surface area is 125 Å². The summed E-state index contributed by atoms with van der Waals surface area (Å²) in [6.45, 7) is 9.25. The zero-order chi connectivity index (χ0) is 15.1. The molecule has 0 saturated heterocycles. The van der Waals surface area contributed by atoms with E-state index in [1.165, 1.54) is 17.8 Å². The highest BCUT2D eigenvalue weighted by Crippen LogP contribution is 2.21. The van der Waals surface area contributed by atoms with Crippen LogP contribution in [0.25, 0.3) is 0 Å². The molecule has 1 aromatic rings. The molecule has 114 valence electrons. The van der Waals surface area contributed by atoms with Crippen LogP contribution in [0.1, 0.15) is 46.8 Å².